The minimum absolute atomic E-state index is 0.0516. The fraction of sp³-hybridized carbons (Fsp3) is 0.0870. The predicted octanol–water partition coefficient (Wildman–Crippen LogP) is 6.51. The van der Waals surface area contributed by atoms with Crippen LogP contribution in [-0.4, -0.2) is 17.1 Å². The summed E-state index contributed by atoms with van der Waals surface area (Å²) in [6, 6.07) is 15.5. The van der Waals surface area contributed by atoms with Crippen molar-refractivity contribution in [3.8, 4) is 11.3 Å². The highest BCUT2D eigenvalue weighted by atomic mass is 35.5. The Labute approximate surface area is 201 Å². The van der Waals surface area contributed by atoms with Gasteiger partial charge in [0.1, 0.15) is 11.5 Å². The SMILES string of the molecule is O=C(Cc1csc(Nc2cccc(C(F)(F)F)c2)n1)N/N=C\c1ccc(-c2cccc(Cl)c2)o1. The van der Waals surface area contributed by atoms with Crippen LogP contribution in [0.2, 0.25) is 5.02 Å². The van der Waals surface area contributed by atoms with Gasteiger partial charge in [0.05, 0.1) is 23.9 Å². The molecular formula is C23H16ClF3N4O2S. The van der Waals surface area contributed by atoms with Crippen LogP contribution in [0.3, 0.4) is 0 Å². The van der Waals surface area contributed by atoms with Crippen molar-refractivity contribution < 1.29 is 22.4 Å². The third-order valence-corrected chi connectivity index (χ3v) is 5.49. The molecule has 6 nitrogen and oxygen atoms in total. The molecule has 0 aliphatic rings. The van der Waals surface area contributed by atoms with Gasteiger partial charge in [-0.25, -0.2) is 10.4 Å². The van der Waals surface area contributed by atoms with Gasteiger partial charge in [-0.15, -0.1) is 11.3 Å². The summed E-state index contributed by atoms with van der Waals surface area (Å²) in [5.41, 5.74) is 3.14. The van der Waals surface area contributed by atoms with E-state index in [-0.39, 0.29) is 12.1 Å². The van der Waals surface area contributed by atoms with Crippen LogP contribution < -0.4 is 10.7 Å². The molecule has 0 saturated heterocycles. The van der Waals surface area contributed by atoms with Gasteiger partial charge in [0.15, 0.2) is 5.13 Å². The number of halogens is 4. The summed E-state index contributed by atoms with van der Waals surface area (Å²) in [4.78, 5) is 16.4. The number of rotatable bonds is 7. The average molecular weight is 505 g/mol. The van der Waals surface area contributed by atoms with Gasteiger partial charge in [-0.2, -0.15) is 18.3 Å². The molecule has 2 N–H and O–H groups in total. The molecular weight excluding hydrogens is 489 g/mol. The zero-order valence-corrected chi connectivity index (χ0v) is 18.8. The topological polar surface area (TPSA) is 79.5 Å². The number of hydrogen-bond acceptors (Lipinski definition) is 6. The van der Waals surface area contributed by atoms with Crippen LogP contribution in [-0.2, 0) is 17.4 Å². The van der Waals surface area contributed by atoms with E-state index in [0.717, 1.165) is 17.7 Å². The van der Waals surface area contributed by atoms with Crippen LogP contribution >= 0.6 is 22.9 Å². The quantitative estimate of drug-likeness (QED) is 0.222. The highest BCUT2D eigenvalue weighted by Gasteiger charge is 2.30. The lowest BCUT2D eigenvalue weighted by Gasteiger charge is -2.08. The van der Waals surface area contributed by atoms with Crippen LogP contribution in [0.4, 0.5) is 24.0 Å². The molecule has 0 aliphatic heterocycles. The van der Waals surface area contributed by atoms with Crippen LogP contribution in [0.5, 0.6) is 0 Å². The Kier molecular flexibility index (Phi) is 6.99. The molecule has 1 amide bonds. The molecule has 0 unspecified atom stereocenters. The normalized spacial score (nSPS) is 11.6. The maximum absolute atomic E-state index is 12.9. The summed E-state index contributed by atoms with van der Waals surface area (Å²) in [7, 11) is 0. The van der Waals surface area contributed by atoms with E-state index in [2.05, 4.69) is 20.8 Å². The first-order chi connectivity index (χ1) is 16.3. The lowest BCUT2D eigenvalue weighted by Crippen LogP contribution is -2.19. The first kappa shape index (κ1) is 23.5. The summed E-state index contributed by atoms with van der Waals surface area (Å²) in [5.74, 6) is 0.642. The lowest BCUT2D eigenvalue weighted by atomic mass is 10.2. The smallest absolute Gasteiger partial charge is 0.416 e. The Hall–Kier alpha value is -3.63. The first-order valence-corrected chi connectivity index (χ1v) is 11.1. The largest absolute Gasteiger partial charge is 0.455 e. The number of amides is 1. The number of nitrogens with one attached hydrogen (secondary N) is 2. The molecule has 0 atom stereocenters. The number of carbonyl (C=O) groups excluding carboxylic acids is 1. The Morgan fingerprint density at radius 2 is 1.97 bits per heavy atom. The number of anilines is 2. The van der Waals surface area contributed by atoms with Gasteiger partial charge >= 0.3 is 6.18 Å². The van der Waals surface area contributed by atoms with E-state index >= 15 is 0 Å². The Morgan fingerprint density at radius 1 is 1.15 bits per heavy atom. The van der Waals surface area contributed by atoms with Gasteiger partial charge in [-0.05, 0) is 42.5 Å². The van der Waals surface area contributed by atoms with E-state index < -0.39 is 17.6 Å². The number of nitrogens with zero attached hydrogens (tertiary/aromatic N) is 2. The third-order valence-electron chi connectivity index (χ3n) is 4.45. The van der Waals surface area contributed by atoms with Gasteiger partial charge in [-0.1, -0.05) is 29.8 Å². The van der Waals surface area contributed by atoms with Crippen molar-refractivity contribution >= 4 is 45.9 Å². The Bertz CT molecular complexity index is 1330. The second kappa shape index (κ2) is 10.1. The van der Waals surface area contributed by atoms with Crippen LogP contribution in [0.15, 0.2) is 75.6 Å². The number of hydrogen-bond donors (Lipinski definition) is 2. The van der Waals surface area contributed by atoms with Crippen LogP contribution in [0.25, 0.3) is 11.3 Å². The summed E-state index contributed by atoms with van der Waals surface area (Å²) >= 11 is 7.16. The van der Waals surface area contributed by atoms with Crippen molar-refractivity contribution in [3.05, 3.63) is 88.1 Å². The summed E-state index contributed by atoms with van der Waals surface area (Å²) in [5, 5.41) is 9.30. The molecule has 0 radical (unpaired) electrons. The predicted molar refractivity (Wildman–Crippen MR) is 125 cm³/mol. The average Bonchev–Trinajstić information content (AvgIpc) is 3.43. The monoisotopic (exact) mass is 504 g/mol. The number of thiazole rings is 1. The molecule has 11 heteroatoms. The van der Waals surface area contributed by atoms with Gasteiger partial charge in [0, 0.05) is 21.7 Å². The Morgan fingerprint density at radius 3 is 2.76 bits per heavy atom. The van der Waals surface area contributed by atoms with Crippen molar-refractivity contribution in [2.75, 3.05) is 5.32 Å². The molecule has 174 valence electrons. The molecule has 0 aliphatic carbocycles. The van der Waals surface area contributed by atoms with Crippen LogP contribution in [0, 0.1) is 0 Å². The van der Waals surface area contributed by atoms with E-state index in [4.69, 9.17) is 16.0 Å². The van der Waals surface area contributed by atoms with Gasteiger partial charge < -0.3 is 9.73 Å². The van der Waals surface area contributed by atoms with Crippen LogP contribution in [0.1, 0.15) is 17.0 Å². The van der Waals surface area contributed by atoms with Crippen molar-refractivity contribution in [2.45, 2.75) is 12.6 Å². The standard InChI is InChI=1S/C23H16ClF3N4O2S/c24-16-5-1-3-14(9-16)20-8-7-19(33-20)12-28-31-21(32)11-18-13-34-22(30-18)29-17-6-2-4-15(10-17)23(25,26)27/h1-10,12-13H,11H2,(H,29,30)(H,31,32)/b28-12-. The van der Waals surface area contributed by atoms with E-state index in [0.29, 0.717) is 27.4 Å². The highest BCUT2D eigenvalue weighted by Crippen LogP contribution is 2.32. The summed E-state index contributed by atoms with van der Waals surface area (Å²) in [6.45, 7) is 0. The number of alkyl halides is 3. The number of carbonyl (C=O) groups is 1. The second-order valence-electron chi connectivity index (χ2n) is 7.03. The van der Waals surface area contributed by atoms with E-state index in [1.807, 2.05) is 12.1 Å². The van der Waals surface area contributed by atoms with E-state index in [1.54, 1.807) is 29.6 Å². The van der Waals surface area contributed by atoms with Crippen molar-refractivity contribution in [1.29, 1.82) is 0 Å². The number of hydrazone groups is 1. The van der Waals surface area contributed by atoms with Crippen molar-refractivity contribution in [1.82, 2.24) is 10.4 Å². The molecule has 2 aromatic heterocycles. The minimum atomic E-state index is -4.43. The summed E-state index contributed by atoms with van der Waals surface area (Å²) in [6.07, 6.45) is -3.12. The van der Waals surface area contributed by atoms with E-state index in [9.17, 15) is 18.0 Å². The molecule has 0 spiro atoms. The summed E-state index contributed by atoms with van der Waals surface area (Å²) < 4.78 is 44.2. The maximum Gasteiger partial charge on any atom is 0.416 e. The number of benzene rings is 2. The fourth-order valence-corrected chi connectivity index (χ4v) is 3.85. The third kappa shape index (κ3) is 6.24. The first-order valence-electron chi connectivity index (χ1n) is 9.83. The van der Waals surface area contributed by atoms with Gasteiger partial charge in [0.2, 0.25) is 5.91 Å². The Balaban J connectivity index is 1.30. The van der Waals surface area contributed by atoms with E-state index in [1.165, 1.54) is 29.7 Å². The number of aromatic nitrogens is 1. The lowest BCUT2D eigenvalue weighted by molar-refractivity contribution is -0.137. The molecule has 2 aromatic carbocycles. The molecule has 0 bridgehead atoms. The number of furan rings is 1. The van der Waals surface area contributed by atoms with Crippen molar-refractivity contribution in [2.24, 2.45) is 5.10 Å². The molecule has 4 rings (SSSR count). The zero-order chi connectivity index (χ0) is 24.1. The fourth-order valence-electron chi connectivity index (χ4n) is 2.93. The minimum Gasteiger partial charge on any atom is -0.455 e. The molecule has 0 fully saturated rings. The molecule has 2 heterocycles. The maximum atomic E-state index is 12.9. The van der Waals surface area contributed by atoms with Gasteiger partial charge in [0.25, 0.3) is 0 Å². The molecule has 34 heavy (non-hydrogen) atoms. The van der Waals surface area contributed by atoms with Gasteiger partial charge in [-0.3, -0.25) is 4.79 Å². The zero-order valence-electron chi connectivity index (χ0n) is 17.3. The highest BCUT2D eigenvalue weighted by molar-refractivity contribution is 7.13. The van der Waals surface area contributed by atoms with Crippen molar-refractivity contribution in [3.63, 3.8) is 0 Å². The molecule has 0 saturated carbocycles. The molecule has 4 aromatic rings. The second-order valence-corrected chi connectivity index (χ2v) is 8.32.